The van der Waals surface area contributed by atoms with E-state index in [9.17, 15) is 13.2 Å². The Kier molecular flexibility index (Phi) is 7.82. The molecule has 0 N–H and O–H groups in total. The maximum Gasteiger partial charge on any atom is 0.236 e. The number of sulfonamides is 1. The molecule has 2 aromatic carbocycles. The van der Waals surface area contributed by atoms with E-state index in [0.29, 0.717) is 32.5 Å². The Morgan fingerprint density at radius 3 is 2.38 bits per heavy atom. The Labute approximate surface area is 205 Å². The number of anilines is 1. The molecule has 0 saturated carbocycles. The molecule has 0 spiro atoms. The minimum absolute atomic E-state index is 0.0236. The quantitative estimate of drug-likeness (QED) is 0.440. The van der Waals surface area contributed by atoms with E-state index < -0.39 is 10.0 Å². The van der Waals surface area contributed by atoms with Crippen LogP contribution < -0.4 is 9.64 Å². The highest BCUT2D eigenvalue weighted by Gasteiger charge is 2.33. The summed E-state index contributed by atoms with van der Waals surface area (Å²) in [7, 11) is -1.92. The molecule has 0 bridgehead atoms. The van der Waals surface area contributed by atoms with Gasteiger partial charge < -0.3 is 9.64 Å². The first-order valence-corrected chi connectivity index (χ1v) is 13.6. The van der Waals surface area contributed by atoms with Crippen LogP contribution in [0.25, 0.3) is 6.08 Å². The van der Waals surface area contributed by atoms with Gasteiger partial charge in [0, 0.05) is 35.0 Å². The lowest BCUT2D eigenvalue weighted by Crippen LogP contribution is -2.43. The lowest BCUT2D eigenvalue weighted by atomic mass is 9.96. The van der Waals surface area contributed by atoms with Gasteiger partial charge in [0.05, 0.1) is 13.7 Å². The van der Waals surface area contributed by atoms with E-state index in [2.05, 4.69) is 0 Å². The average Bonchev–Trinajstić information content (AvgIpc) is 3.40. The lowest BCUT2D eigenvalue weighted by molar-refractivity contribution is -0.123. The van der Waals surface area contributed by atoms with E-state index in [1.165, 1.54) is 9.71 Å². The van der Waals surface area contributed by atoms with Gasteiger partial charge in [-0.25, -0.2) is 8.42 Å². The third-order valence-corrected chi connectivity index (χ3v) is 8.37. The third kappa shape index (κ3) is 5.94. The molecular weight excluding hydrogens is 468 g/mol. The molecule has 6 nitrogen and oxygen atoms in total. The van der Waals surface area contributed by atoms with Crippen LogP contribution in [-0.2, 0) is 21.4 Å². The summed E-state index contributed by atoms with van der Waals surface area (Å²) in [6, 6.07) is 20.8. The van der Waals surface area contributed by atoms with E-state index in [-0.39, 0.29) is 11.8 Å². The predicted molar refractivity (Wildman–Crippen MR) is 137 cm³/mol. The predicted octanol–water partition coefficient (Wildman–Crippen LogP) is 5.00. The number of hydrogen-bond donors (Lipinski definition) is 0. The monoisotopic (exact) mass is 496 g/mol. The number of rotatable bonds is 8. The molecule has 0 unspecified atom stereocenters. The lowest BCUT2D eigenvalue weighted by Gasteiger charge is -2.33. The molecule has 178 valence electrons. The first-order chi connectivity index (χ1) is 16.5. The van der Waals surface area contributed by atoms with E-state index in [1.54, 1.807) is 29.4 Å². The first-order valence-electron chi connectivity index (χ1n) is 11.2. The first kappa shape index (κ1) is 24.2. The number of amides is 1. The number of methoxy groups -OCH3 is 1. The van der Waals surface area contributed by atoms with Gasteiger partial charge in [0.2, 0.25) is 15.9 Å². The van der Waals surface area contributed by atoms with E-state index in [4.69, 9.17) is 4.74 Å². The minimum atomic E-state index is -3.54. The van der Waals surface area contributed by atoms with Gasteiger partial charge in [-0.1, -0.05) is 36.4 Å². The van der Waals surface area contributed by atoms with Crippen LogP contribution in [0.3, 0.4) is 0 Å². The van der Waals surface area contributed by atoms with Crippen molar-refractivity contribution in [2.24, 2.45) is 5.92 Å². The fourth-order valence-corrected chi connectivity index (χ4v) is 5.92. The molecule has 0 atom stereocenters. The third-order valence-electron chi connectivity index (χ3n) is 5.94. The van der Waals surface area contributed by atoms with Crippen molar-refractivity contribution in [2.45, 2.75) is 19.4 Å². The summed E-state index contributed by atoms with van der Waals surface area (Å²) in [4.78, 5) is 16.5. The summed E-state index contributed by atoms with van der Waals surface area (Å²) >= 11 is 1.61. The Morgan fingerprint density at radius 2 is 1.76 bits per heavy atom. The fourth-order valence-electron chi connectivity index (χ4n) is 4.01. The molecule has 34 heavy (non-hydrogen) atoms. The number of ether oxygens (including phenoxy) is 1. The summed E-state index contributed by atoms with van der Waals surface area (Å²) in [5.74, 6) is 0.524. The standard InChI is InChI=1S/C26H28N2O4S2/c1-32-24-11-9-23(10-12-24)28(20-25-8-5-18-33-25)26(29)22-13-16-27(17-14-22)34(30,31)19-15-21-6-3-2-4-7-21/h2-12,15,18-19,22H,13-14,16-17,20H2,1H3. The van der Waals surface area contributed by atoms with Gasteiger partial charge in [0.15, 0.2) is 0 Å². The fraction of sp³-hybridized carbons (Fsp3) is 0.269. The van der Waals surface area contributed by atoms with E-state index >= 15 is 0 Å². The zero-order valence-corrected chi connectivity index (χ0v) is 20.7. The molecule has 1 amide bonds. The number of nitrogens with zero attached hydrogens (tertiary/aromatic N) is 2. The maximum absolute atomic E-state index is 13.6. The van der Waals surface area contributed by atoms with Crippen LogP contribution in [-0.4, -0.2) is 38.8 Å². The van der Waals surface area contributed by atoms with Gasteiger partial charge in [-0.3, -0.25) is 4.79 Å². The van der Waals surface area contributed by atoms with Gasteiger partial charge in [-0.05, 0) is 60.2 Å². The Morgan fingerprint density at radius 1 is 1.06 bits per heavy atom. The van der Waals surface area contributed by atoms with Crippen molar-refractivity contribution in [3.8, 4) is 5.75 Å². The highest BCUT2D eigenvalue weighted by molar-refractivity contribution is 7.92. The van der Waals surface area contributed by atoms with Crippen molar-refractivity contribution in [1.29, 1.82) is 0 Å². The van der Waals surface area contributed by atoms with Crippen molar-refractivity contribution in [1.82, 2.24) is 4.31 Å². The van der Waals surface area contributed by atoms with Crippen molar-refractivity contribution >= 4 is 39.0 Å². The van der Waals surface area contributed by atoms with Crippen LogP contribution in [0.4, 0.5) is 5.69 Å². The van der Waals surface area contributed by atoms with Crippen LogP contribution in [0, 0.1) is 5.92 Å². The molecule has 2 heterocycles. The van der Waals surface area contributed by atoms with Crippen molar-refractivity contribution in [3.63, 3.8) is 0 Å². The minimum Gasteiger partial charge on any atom is -0.497 e. The van der Waals surface area contributed by atoms with Crippen molar-refractivity contribution in [2.75, 3.05) is 25.1 Å². The van der Waals surface area contributed by atoms with Crippen LogP contribution >= 0.6 is 11.3 Å². The van der Waals surface area contributed by atoms with Crippen LogP contribution in [0.1, 0.15) is 23.3 Å². The SMILES string of the molecule is COc1ccc(N(Cc2cccs2)C(=O)C2CCN(S(=O)(=O)C=Cc3ccccc3)CC2)cc1. The van der Waals surface area contributed by atoms with Gasteiger partial charge in [-0.15, -0.1) is 11.3 Å². The second kappa shape index (κ2) is 11.0. The highest BCUT2D eigenvalue weighted by Crippen LogP contribution is 2.28. The zero-order chi connectivity index (χ0) is 24.0. The average molecular weight is 497 g/mol. The molecule has 0 aliphatic carbocycles. The Balaban J connectivity index is 1.44. The van der Waals surface area contributed by atoms with Crippen LogP contribution in [0.2, 0.25) is 0 Å². The van der Waals surface area contributed by atoms with Gasteiger partial charge in [0.25, 0.3) is 0 Å². The van der Waals surface area contributed by atoms with Gasteiger partial charge >= 0.3 is 0 Å². The topological polar surface area (TPSA) is 66.9 Å². The smallest absolute Gasteiger partial charge is 0.236 e. The van der Waals surface area contributed by atoms with Gasteiger partial charge in [0.1, 0.15) is 5.75 Å². The summed E-state index contributed by atoms with van der Waals surface area (Å²) in [5, 5.41) is 3.25. The molecule has 1 aliphatic heterocycles. The molecular formula is C26H28N2O4S2. The second-order valence-corrected chi connectivity index (χ2v) is 11.0. The summed E-state index contributed by atoms with van der Waals surface area (Å²) < 4.78 is 32.3. The largest absolute Gasteiger partial charge is 0.497 e. The highest BCUT2D eigenvalue weighted by atomic mass is 32.2. The van der Waals surface area contributed by atoms with E-state index in [0.717, 1.165) is 21.9 Å². The second-order valence-electron chi connectivity index (χ2n) is 8.13. The van der Waals surface area contributed by atoms with E-state index in [1.807, 2.05) is 72.1 Å². The van der Waals surface area contributed by atoms with Crippen molar-refractivity contribution < 1.29 is 17.9 Å². The maximum atomic E-state index is 13.6. The molecule has 4 rings (SSSR count). The Bertz CT molecular complexity index is 1200. The molecule has 8 heteroatoms. The molecule has 1 aromatic heterocycles. The van der Waals surface area contributed by atoms with Crippen LogP contribution in [0.15, 0.2) is 77.5 Å². The van der Waals surface area contributed by atoms with Crippen molar-refractivity contribution in [3.05, 3.63) is 88.0 Å². The number of carbonyl (C=O) groups excluding carboxylic acids is 1. The van der Waals surface area contributed by atoms with Gasteiger partial charge in [-0.2, -0.15) is 4.31 Å². The summed E-state index contributed by atoms with van der Waals surface area (Å²) in [6.45, 7) is 1.14. The normalized spacial score (nSPS) is 15.4. The van der Waals surface area contributed by atoms with Crippen LogP contribution in [0.5, 0.6) is 5.75 Å². The summed E-state index contributed by atoms with van der Waals surface area (Å²) in [5.41, 5.74) is 1.64. The molecule has 1 saturated heterocycles. The zero-order valence-electron chi connectivity index (χ0n) is 19.0. The molecule has 3 aromatic rings. The number of piperidine rings is 1. The molecule has 1 fully saturated rings. The Hall–Kier alpha value is -2.94. The number of carbonyl (C=O) groups is 1. The number of hydrogen-bond acceptors (Lipinski definition) is 5. The summed E-state index contributed by atoms with van der Waals surface area (Å²) in [6.07, 6.45) is 2.60. The number of thiophene rings is 1. The number of benzene rings is 2. The molecule has 0 radical (unpaired) electrons. The molecule has 1 aliphatic rings.